The van der Waals surface area contributed by atoms with Crippen molar-refractivity contribution < 1.29 is 69.2 Å². The van der Waals surface area contributed by atoms with Gasteiger partial charge in [-0.25, -0.2) is 19.4 Å². The van der Waals surface area contributed by atoms with Crippen molar-refractivity contribution in [1.82, 2.24) is 29.1 Å². The van der Waals surface area contributed by atoms with Gasteiger partial charge in [-0.3, -0.25) is 9.58 Å². The van der Waals surface area contributed by atoms with E-state index in [1.165, 1.54) is 62.4 Å². The summed E-state index contributed by atoms with van der Waals surface area (Å²) in [4.78, 5) is 37.1. The van der Waals surface area contributed by atoms with Gasteiger partial charge < -0.3 is 24.8 Å². The fourth-order valence-corrected chi connectivity index (χ4v) is 5.11. The van der Waals surface area contributed by atoms with Crippen molar-refractivity contribution in [3.63, 3.8) is 0 Å². The van der Waals surface area contributed by atoms with Gasteiger partial charge in [0, 0.05) is 51.5 Å². The van der Waals surface area contributed by atoms with Crippen molar-refractivity contribution in [2.75, 3.05) is 32.7 Å². The molecule has 2 aromatic heterocycles. The third-order valence-corrected chi connectivity index (χ3v) is 7.48. The molecule has 0 aromatic carbocycles. The molecule has 0 unspecified atom stereocenters. The monoisotopic (exact) mass is 696 g/mol. The lowest BCUT2D eigenvalue weighted by atomic mass is 9.83. The largest absolute Gasteiger partial charge is 0.490 e. The second-order valence-electron chi connectivity index (χ2n) is 10.8. The number of aryl methyl sites for hydroxylation is 1. The summed E-state index contributed by atoms with van der Waals surface area (Å²) < 4.78 is 99.6. The fourth-order valence-electron chi connectivity index (χ4n) is 5.11. The maximum atomic E-state index is 10.6. The molecule has 0 radical (unpaired) electrons. The van der Waals surface area contributed by atoms with Crippen molar-refractivity contribution in [2.45, 2.75) is 63.2 Å². The number of aromatic nitrogens is 4. The van der Waals surface area contributed by atoms with Crippen molar-refractivity contribution in [2.24, 2.45) is 13.0 Å². The van der Waals surface area contributed by atoms with E-state index in [2.05, 4.69) is 38.8 Å². The number of carbonyl (C=O) groups is 3. The van der Waals surface area contributed by atoms with Crippen LogP contribution in [0, 0.1) is 5.92 Å². The van der Waals surface area contributed by atoms with Crippen molar-refractivity contribution >= 4 is 17.9 Å². The van der Waals surface area contributed by atoms with Gasteiger partial charge in [0.05, 0.1) is 23.6 Å². The molecule has 47 heavy (non-hydrogen) atoms. The number of hydrogen-bond acceptors (Lipinski definition) is 7. The van der Waals surface area contributed by atoms with Gasteiger partial charge in [-0.05, 0) is 38.1 Å². The van der Waals surface area contributed by atoms with Crippen LogP contribution in [0.3, 0.4) is 0 Å². The quantitative estimate of drug-likeness (QED) is 0.396. The minimum atomic E-state index is -5.08. The summed E-state index contributed by atoms with van der Waals surface area (Å²) in [5.41, 5.74) is 2.52. The number of aliphatic carboxylic acids is 3. The number of fused-ring (bicyclic) bond motifs is 2. The zero-order valence-electron chi connectivity index (χ0n) is 25.0. The van der Waals surface area contributed by atoms with E-state index < -0.39 is 36.4 Å². The number of imidazole rings is 1. The molecule has 3 N–H and O–H groups in total. The standard InChI is InChI=1S/C20H30N6.3C2HF3O2/c1-3-25-10-11-26-18(17-12-22-23(2)15-17)13-21-19(26)20(25)6-8-24(9-7-20)14-16-4-5-16;3*3-2(4,5)1(6)7/h12-13,15-16H,3-11,14H2,1-2H3;3*(H,6,7). The highest BCUT2D eigenvalue weighted by molar-refractivity contribution is 5.73. The van der Waals surface area contributed by atoms with Gasteiger partial charge in [0.15, 0.2) is 0 Å². The van der Waals surface area contributed by atoms with Crippen LogP contribution in [0.15, 0.2) is 18.6 Å². The fraction of sp³-hybridized carbons (Fsp3) is 0.654. The molecular formula is C26H33F9N6O6. The van der Waals surface area contributed by atoms with Gasteiger partial charge in [0.25, 0.3) is 0 Å². The Bertz CT molecular complexity index is 1300. The lowest BCUT2D eigenvalue weighted by Crippen LogP contribution is -2.57. The second kappa shape index (κ2) is 15.3. The summed E-state index contributed by atoms with van der Waals surface area (Å²) in [6, 6.07) is 0. The molecule has 0 amide bonds. The average Bonchev–Trinajstić information content (AvgIpc) is 3.48. The van der Waals surface area contributed by atoms with Gasteiger partial charge in [-0.2, -0.15) is 44.6 Å². The molecule has 0 bridgehead atoms. The Morgan fingerprint density at radius 3 is 1.66 bits per heavy atom. The topological polar surface area (TPSA) is 154 Å². The zero-order chi connectivity index (χ0) is 36.0. The number of likely N-dealkylation sites (tertiary alicyclic amines) is 1. The summed E-state index contributed by atoms with van der Waals surface area (Å²) in [7, 11) is 1.98. The van der Waals surface area contributed by atoms with Crippen LogP contribution in [0.2, 0.25) is 0 Å². The number of likely N-dealkylation sites (N-methyl/N-ethyl adjacent to an activating group) is 1. The Hall–Kier alpha value is -3.88. The molecule has 1 spiro atoms. The number of carboxylic acids is 3. The van der Waals surface area contributed by atoms with E-state index in [4.69, 9.17) is 34.7 Å². The first-order valence-electron chi connectivity index (χ1n) is 14.0. The number of halogens is 9. The van der Waals surface area contributed by atoms with Crippen LogP contribution in [-0.2, 0) is 33.5 Å². The van der Waals surface area contributed by atoms with E-state index >= 15 is 0 Å². The highest BCUT2D eigenvalue weighted by atomic mass is 19.4. The highest BCUT2D eigenvalue weighted by Crippen LogP contribution is 2.43. The number of alkyl halides is 9. The van der Waals surface area contributed by atoms with Gasteiger partial charge >= 0.3 is 36.4 Å². The molecule has 2 fully saturated rings. The van der Waals surface area contributed by atoms with E-state index in [0.29, 0.717) is 0 Å². The SMILES string of the molecule is CCN1CCn2c(-c3cnn(C)c3)cnc2C12CCN(CC1CC1)CC2.O=C(O)C(F)(F)F.O=C(O)C(F)(F)F.O=C(O)C(F)(F)F. The number of rotatable bonds is 4. The number of nitrogens with zero attached hydrogens (tertiary/aromatic N) is 6. The van der Waals surface area contributed by atoms with Crippen molar-refractivity contribution in [3.05, 3.63) is 24.4 Å². The zero-order valence-corrected chi connectivity index (χ0v) is 25.0. The molecule has 3 aliphatic rings. The van der Waals surface area contributed by atoms with Crippen LogP contribution in [0.5, 0.6) is 0 Å². The predicted molar refractivity (Wildman–Crippen MR) is 143 cm³/mol. The van der Waals surface area contributed by atoms with Crippen molar-refractivity contribution in [1.29, 1.82) is 0 Å². The number of piperidine rings is 1. The Balaban J connectivity index is 0.000000301. The predicted octanol–water partition coefficient (Wildman–Crippen LogP) is 4.22. The lowest BCUT2D eigenvalue weighted by Gasteiger charge is -2.51. The summed E-state index contributed by atoms with van der Waals surface area (Å²) >= 11 is 0. The van der Waals surface area contributed by atoms with Gasteiger partial charge in [-0.1, -0.05) is 6.92 Å². The van der Waals surface area contributed by atoms with Gasteiger partial charge in [0.1, 0.15) is 5.82 Å². The van der Waals surface area contributed by atoms with E-state index in [1.54, 1.807) is 0 Å². The third-order valence-electron chi connectivity index (χ3n) is 7.48. The first-order valence-corrected chi connectivity index (χ1v) is 14.0. The van der Waals surface area contributed by atoms with Crippen LogP contribution in [-0.4, -0.2) is 114 Å². The summed E-state index contributed by atoms with van der Waals surface area (Å²) in [5.74, 6) is -6.00. The molecule has 0 atom stereocenters. The van der Waals surface area contributed by atoms with Crippen LogP contribution in [0.1, 0.15) is 38.4 Å². The first-order chi connectivity index (χ1) is 21.5. The summed E-state index contributed by atoms with van der Waals surface area (Å²) in [6.45, 7) is 9.30. The molecule has 4 heterocycles. The van der Waals surface area contributed by atoms with Crippen LogP contribution in [0.25, 0.3) is 11.3 Å². The molecule has 5 rings (SSSR count). The molecule has 12 nitrogen and oxygen atoms in total. The van der Waals surface area contributed by atoms with E-state index in [1.807, 2.05) is 17.9 Å². The third kappa shape index (κ3) is 11.1. The molecule has 1 saturated carbocycles. The molecule has 2 aromatic rings. The molecule has 21 heteroatoms. The Labute approximate surface area is 261 Å². The van der Waals surface area contributed by atoms with Crippen molar-refractivity contribution in [3.8, 4) is 11.3 Å². The Morgan fingerprint density at radius 2 is 1.30 bits per heavy atom. The van der Waals surface area contributed by atoms with Gasteiger partial charge in [-0.15, -0.1) is 0 Å². The Kier molecular flexibility index (Phi) is 12.8. The second-order valence-corrected chi connectivity index (χ2v) is 10.8. The molecule has 2 aliphatic heterocycles. The first kappa shape index (κ1) is 39.3. The minimum absolute atomic E-state index is 0.119. The van der Waals surface area contributed by atoms with Crippen LogP contribution >= 0.6 is 0 Å². The van der Waals surface area contributed by atoms with Crippen LogP contribution in [0.4, 0.5) is 39.5 Å². The van der Waals surface area contributed by atoms with E-state index in [0.717, 1.165) is 25.6 Å². The normalized spacial score (nSPS) is 18.0. The molecule has 1 saturated heterocycles. The molecular weight excluding hydrogens is 663 g/mol. The Morgan fingerprint density at radius 1 is 0.830 bits per heavy atom. The lowest BCUT2D eigenvalue weighted by molar-refractivity contribution is -0.193. The maximum Gasteiger partial charge on any atom is 0.490 e. The average molecular weight is 697 g/mol. The maximum absolute atomic E-state index is 10.6. The highest BCUT2D eigenvalue weighted by Gasteiger charge is 2.47. The van der Waals surface area contributed by atoms with E-state index in [9.17, 15) is 39.5 Å². The molecule has 266 valence electrons. The summed E-state index contributed by atoms with van der Waals surface area (Å²) in [5, 5.41) is 25.7. The minimum Gasteiger partial charge on any atom is -0.475 e. The van der Waals surface area contributed by atoms with Gasteiger partial charge in [0.2, 0.25) is 0 Å². The number of hydrogen-bond donors (Lipinski definition) is 3. The van der Waals surface area contributed by atoms with E-state index in [-0.39, 0.29) is 5.54 Å². The smallest absolute Gasteiger partial charge is 0.475 e. The number of carboxylic acid groups (broad SMARTS) is 3. The van der Waals surface area contributed by atoms with Crippen LogP contribution < -0.4 is 0 Å². The molecule has 1 aliphatic carbocycles. The summed E-state index contributed by atoms with van der Waals surface area (Å²) in [6.07, 6.45) is -3.82.